The van der Waals surface area contributed by atoms with E-state index in [1.54, 1.807) is 13.3 Å². The molecule has 2 N–H and O–H groups in total. The van der Waals surface area contributed by atoms with Crippen molar-refractivity contribution in [3.63, 3.8) is 0 Å². The van der Waals surface area contributed by atoms with Crippen LogP contribution in [0.2, 0.25) is 0 Å². The van der Waals surface area contributed by atoms with E-state index in [1.807, 2.05) is 72.4 Å². The van der Waals surface area contributed by atoms with Crippen molar-refractivity contribution in [3.8, 4) is 11.5 Å². The third-order valence-corrected chi connectivity index (χ3v) is 4.29. The summed E-state index contributed by atoms with van der Waals surface area (Å²) in [5, 5.41) is 13.7. The number of nitrogens with zero attached hydrogens (tertiary/aromatic N) is 2. The first-order valence-electron chi connectivity index (χ1n) is 8.88. The number of nitrogens with one attached hydrogen (secondary N) is 1. The second-order valence-electron chi connectivity index (χ2n) is 6.29. The van der Waals surface area contributed by atoms with Crippen LogP contribution in [-0.4, -0.2) is 41.0 Å². The number of aliphatic hydroxyl groups excluding tert-OH is 1. The smallest absolute Gasteiger partial charge is 0.130 e. The number of halogens is 1. The topological polar surface area (TPSA) is 68.5 Å². The third-order valence-electron chi connectivity index (χ3n) is 4.29. The maximum atomic E-state index is 10.3. The molecule has 1 heterocycles. The van der Waals surface area contributed by atoms with Crippen LogP contribution in [0.3, 0.4) is 0 Å². The highest BCUT2D eigenvalue weighted by Crippen LogP contribution is 2.24. The Labute approximate surface area is 171 Å². The molecule has 0 fully saturated rings. The highest BCUT2D eigenvalue weighted by Gasteiger charge is 2.20. The predicted molar refractivity (Wildman–Crippen MR) is 111 cm³/mol. The Kier molecular flexibility index (Phi) is 8.32. The molecule has 3 rings (SSSR count). The van der Waals surface area contributed by atoms with Crippen LogP contribution >= 0.6 is 12.4 Å². The predicted octanol–water partition coefficient (Wildman–Crippen LogP) is 2.97. The summed E-state index contributed by atoms with van der Waals surface area (Å²) in [4.78, 5) is 4.47. The molecule has 0 bridgehead atoms. The van der Waals surface area contributed by atoms with Gasteiger partial charge in [0.15, 0.2) is 0 Å². The van der Waals surface area contributed by atoms with Gasteiger partial charge in [0.1, 0.15) is 30.0 Å². The fourth-order valence-corrected chi connectivity index (χ4v) is 2.86. The van der Waals surface area contributed by atoms with Gasteiger partial charge in [-0.1, -0.05) is 30.3 Å². The van der Waals surface area contributed by atoms with E-state index in [9.17, 15) is 5.11 Å². The number of benzene rings is 2. The molecule has 3 aromatic rings. The lowest BCUT2D eigenvalue weighted by Gasteiger charge is -2.22. The van der Waals surface area contributed by atoms with Crippen LogP contribution < -0.4 is 14.8 Å². The molecule has 1 aromatic heterocycles. The van der Waals surface area contributed by atoms with Gasteiger partial charge in [-0.2, -0.15) is 0 Å². The summed E-state index contributed by atoms with van der Waals surface area (Å²) in [6.07, 6.45) is 3.01. The third kappa shape index (κ3) is 5.73. The first kappa shape index (κ1) is 21.8. The van der Waals surface area contributed by atoms with Crippen molar-refractivity contribution >= 4 is 12.4 Å². The zero-order valence-electron chi connectivity index (χ0n) is 16.0. The Bertz CT molecular complexity index is 842. The average Bonchev–Trinajstić information content (AvgIpc) is 3.13. The van der Waals surface area contributed by atoms with Crippen molar-refractivity contribution < 1.29 is 14.6 Å². The lowest BCUT2D eigenvalue weighted by atomic mass is 10.1. The van der Waals surface area contributed by atoms with Crippen molar-refractivity contribution in [2.75, 3.05) is 20.3 Å². The van der Waals surface area contributed by atoms with Crippen LogP contribution in [0.4, 0.5) is 0 Å². The second kappa shape index (κ2) is 10.7. The summed E-state index contributed by atoms with van der Waals surface area (Å²) < 4.78 is 12.9. The van der Waals surface area contributed by atoms with Crippen LogP contribution in [-0.2, 0) is 7.05 Å². The summed E-state index contributed by atoms with van der Waals surface area (Å²) in [7, 11) is 3.60. The number of hydrogen-bond donors (Lipinski definition) is 2. The van der Waals surface area contributed by atoms with Crippen LogP contribution in [0.5, 0.6) is 11.5 Å². The normalized spacial score (nSPS) is 12.7. The standard InChI is InChI=1S/C21H25N3O3.ClH/c1-24-12-11-22-21(24)20(16-7-6-10-19(13-16)26-2)23-14-17(25)15-27-18-8-4-3-5-9-18;/h3-13,17,20,23,25H,14-15H2,1-2H3;1H. The number of rotatable bonds is 9. The van der Waals surface area contributed by atoms with Gasteiger partial charge in [0.2, 0.25) is 0 Å². The molecular formula is C21H26ClN3O3. The molecule has 0 amide bonds. The Morgan fingerprint density at radius 2 is 1.86 bits per heavy atom. The summed E-state index contributed by atoms with van der Waals surface area (Å²) in [6.45, 7) is 0.573. The lowest BCUT2D eigenvalue weighted by molar-refractivity contribution is 0.104. The summed E-state index contributed by atoms with van der Waals surface area (Å²) >= 11 is 0. The van der Waals surface area contributed by atoms with Crippen molar-refractivity contribution in [2.45, 2.75) is 12.1 Å². The van der Waals surface area contributed by atoms with E-state index < -0.39 is 6.10 Å². The monoisotopic (exact) mass is 403 g/mol. The van der Waals surface area contributed by atoms with E-state index in [0.717, 1.165) is 22.9 Å². The van der Waals surface area contributed by atoms with Gasteiger partial charge < -0.3 is 24.5 Å². The van der Waals surface area contributed by atoms with Crippen LogP contribution in [0.25, 0.3) is 0 Å². The van der Waals surface area contributed by atoms with Gasteiger partial charge >= 0.3 is 0 Å². The van der Waals surface area contributed by atoms with Gasteiger partial charge in [0, 0.05) is 26.0 Å². The minimum absolute atomic E-state index is 0. The van der Waals surface area contributed by atoms with Crippen molar-refractivity contribution in [1.82, 2.24) is 14.9 Å². The molecule has 0 aliphatic rings. The molecule has 0 saturated carbocycles. The van der Waals surface area contributed by atoms with E-state index in [-0.39, 0.29) is 25.1 Å². The van der Waals surface area contributed by atoms with Gasteiger partial charge in [-0.15, -0.1) is 12.4 Å². The molecule has 0 radical (unpaired) electrons. The molecule has 28 heavy (non-hydrogen) atoms. The van der Waals surface area contributed by atoms with E-state index in [4.69, 9.17) is 9.47 Å². The zero-order valence-corrected chi connectivity index (χ0v) is 16.8. The molecule has 0 spiro atoms. The maximum absolute atomic E-state index is 10.3. The summed E-state index contributed by atoms with van der Waals surface area (Å²) in [5.74, 6) is 2.38. The summed E-state index contributed by atoms with van der Waals surface area (Å²) in [5.41, 5.74) is 1.01. The molecule has 2 atom stereocenters. The van der Waals surface area contributed by atoms with Gasteiger partial charge in [-0.3, -0.25) is 0 Å². The van der Waals surface area contributed by atoms with Crippen LogP contribution in [0, 0.1) is 0 Å². The number of imidazole rings is 1. The van der Waals surface area contributed by atoms with E-state index in [0.29, 0.717) is 6.54 Å². The molecule has 6 nitrogen and oxygen atoms in total. The number of ether oxygens (including phenoxy) is 2. The number of methoxy groups -OCH3 is 1. The fraction of sp³-hybridized carbons (Fsp3) is 0.286. The first-order valence-corrected chi connectivity index (χ1v) is 8.88. The maximum Gasteiger partial charge on any atom is 0.130 e. The number of aromatic nitrogens is 2. The van der Waals surface area contributed by atoms with E-state index >= 15 is 0 Å². The SMILES string of the molecule is COc1cccc(C(NCC(O)COc2ccccc2)c2nccn2C)c1.Cl. The molecule has 7 heteroatoms. The Morgan fingerprint density at radius 3 is 2.54 bits per heavy atom. The molecule has 150 valence electrons. The van der Waals surface area contributed by atoms with Crippen molar-refractivity contribution in [3.05, 3.63) is 78.4 Å². The van der Waals surface area contributed by atoms with Crippen LogP contribution in [0.1, 0.15) is 17.4 Å². The fourth-order valence-electron chi connectivity index (χ4n) is 2.86. The van der Waals surface area contributed by atoms with Gasteiger partial charge in [0.25, 0.3) is 0 Å². The minimum Gasteiger partial charge on any atom is -0.497 e. The highest BCUT2D eigenvalue weighted by atomic mass is 35.5. The Balaban J connectivity index is 0.00000280. The van der Waals surface area contributed by atoms with Crippen LogP contribution in [0.15, 0.2) is 67.0 Å². The number of para-hydroxylation sites is 1. The summed E-state index contributed by atoms with van der Waals surface area (Å²) in [6, 6.07) is 17.1. The van der Waals surface area contributed by atoms with E-state index in [2.05, 4.69) is 10.3 Å². The molecule has 0 aliphatic heterocycles. The number of aryl methyl sites for hydroxylation is 1. The Morgan fingerprint density at radius 1 is 1.11 bits per heavy atom. The minimum atomic E-state index is -0.654. The Hall–Kier alpha value is -2.54. The van der Waals surface area contributed by atoms with Gasteiger partial charge in [-0.05, 0) is 29.8 Å². The van der Waals surface area contributed by atoms with Gasteiger partial charge in [0.05, 0.1) is 13.2 Å². The van der Waals surface area contributed by atoms with E-state index in [1.165, 1.54) is 0 Å². The second-order valence-corrected chi connectivity index (χ2v) is 6.29. The number of hydrogen-bond acceptors (Lipinski definition) is 5. The molecular weight excluding hydrogens is 378 g/mol. The molecule has 0 aliphatic carbocycles. The largest absolute Gasteiger partial charge is 0.497 e. The van der Waals surface area contributed by atoms with Crippen molar-refractivity contribution in [2.24, 2.45) is 7.05 Å². The van der Waals surface area contributed by atoms with Gasteiger partial charge in [-0.25, -0.2) is 4.98 Å². The lowest BCUT2D eigenvalue weighted by Crippen LogP contribution is -2.35. The molecule has 2 unspecified atom stereocenters. The first-order chi connectivity index (χ1) is 13.2. The molecule has 2 aromatic carbocycles. The van der Waals surface area contributed by atoms with Crippen molar-refractivity contribution in [1.29, 1.82) is 0 Å². The zero-order chi connectivity index (χ0) is 19.1. The molecule has 0 saturated heterocycles. The average molecular weight is 404 g/mol. The quantitative estimate of drug-likeness (QED) is 0.575. The highest BCUT2D eigenvalue weighted by molar-refractivity contribution is 5.85. The number of aliphatic hydroxyl groups is 1.